The molecule has 0 aliphatic carbocycles. The maximum atomic E-state index is 11.1. The van der Waals surface area contributed by atoms with E-state index >= 15 is 0 Å². The Balaban J connectivity index is 0. The maximum Gasteiger partial charge on any atom is 0.508 e. The number of likely N-dealkylation sites (N-methyl/N-ethyl adjacent to an activating group) is 1. The quantitative estimate of drug-likeness (QED) is 0.707. The summed E-state index contributed by atoms with van der Waals surface area (Å²) in [5.41, 5.74) is 0. The lowest BCUT2D eigenvalue weighted by atomic mass is 10.4. The van der Waals surface area contributed by atoms with Gasteiger partial charge in [-0.1, -0.05) is 0 Å². The normalized spacial score (nSPS) is 10.8. The summed E-state index contributed by atoms with van der Waals surface area (Å²) in [5.74, 6) is 0. The first kappa shape index (κ1) is 19.1. The van der Waals surface area contributed by atoms with Crippen molar-refractivity contribution in [3.05, 3.63) is 0 Å². The van der Waals surface area contributed by atoms with E-state index in [1.807, 2.05) is 0 Å². The summed E-state index contributed by atoms with van der Waals surface area (Å²) in [6.45, 7) is 4.06. The van der Waals surface area contributed by atoms with Crippen LogP contribution in [0.2, 0.25) is 0 Å². The molecular formula is C10H20ClNO6. The number of carbonyl (C=O) groups excluding carboxylic acids is 2. The Kier molecular flexibility index (Phi) is 13.0. The fourth-order valence-electron chi connectivity index (χ4n) is 0.971. The minimum Gasteiger partial charge on any atom is -0.435 e. The van der Waals surface area contributed by atoms with Gasteiger partial charge in [0.05, 0.1) is 13.2 Å². The average molecular weight is 286 g/mol. The predicted octanol–water partition coefficient (Wildman–Crippen LogP) is 1.34. The lowest BCUT2D eigenvalue weighted by molar-refractivity contribution is -0.0135. The lowest BCUT2D eigenvalue weighted by Crippen LogP contribution is -2.34. The molecule has 0 spiro atoms. The maximum absolute atomic E-state index is 11.1. The first-order chi connectivity index (χ1) is 8.13. The molecule has 0 saturated heterocycles. The molecule has 0 bridgehead atoms. The molecule has 0 heterocycles. The highest BCUT2D eigenvalue weighted by molar-refractivity contribution is 5.85. The number of nitrogens with one attached hydrogen (secondary N) is 1. The zero-order valence-electron chi connectivity index (χ0n) is 10.8. The molecule has 0 radical (unpaired) electrons. The van der Waals surface area contributed by atoms with Gasteiger partial charge in [0.1, 0.15) is 6.61 Å². The van der Waals surface area contributed by atoms with Crippen LogP contribution in [0.1, 0.15) is 13.8 Å². The highest BCUT2D eigenvalue weighted by Gasteiger charge is 2.17. The Hall–Kier alpha value is -1.21. The molecule has 0 aliphatic rings. The van der Waals surface area contributed by atoms with Crippen LogP contribution in [0.4, 0.5) is 9.59 Å². The van der Waals surface area contributed by atoms with Crippen LogP contribution < -0.4 is 5.32 Å². The number of ether oxygens (including phenoxy) is 4. The van der Waals surface area contributed by atoms with E-state index in [1.54, 1.807) is 20.9 Å². The molecule has 18 heavy (non-hydrogen) atoms. The van der Waals surface area contributed by atoms with E-state index in [1.165, 1.54) is 0 Å². The van der Waals surface area contributed by atoms with Gasteiger partial charge in [0, 0.05) is 6.54 Å². The highest BCUT2D eigenvalue weighted by Crippen LogP contribution is 1.97. The fourth-order valence-corrected chi connectivity index (χ4v) is 0.971. The van der Waals surface area contributed by atoms with Gasteiger partial charge in [-0.25, -0.2) is 9.59 Å². The number of hydrogen-bond acceptors (Lipinski definition) is 7. The summed E-state index contributed by atoms with van der Waals surface area (Å²) < 4.78 is 18.8. The van der Waals surface area contributed by atoms with E-state index in [-0.39, 0.29) is 32.2 Å². The molecule has 0 rings (SSSR count). The van der Waals surface area contributed by atoms with Crippen LogP contribution in [0.15, 0.2) is 0 Å². The molecule has 1 unspecified atom stereocenters. The molecule has 1 N–H and O–H groups in total. The van der Waals surface area contributed by atoms with Crippen LogP contribution in [-0.4, -0.2) is 51.8 Å². The second-order valence-electron chi connectivity index (χ2n) is 2.97. The lowest BCUT2D eigenvalue weighted by Gasteiger charge is -2.16. The van der Waals surface area contributed by atoms with Crippen molar-refractivity contribution >= 4 is 24.7 Å². The SMILES string of the molecule is CCOC(=O)OCC(CNC)OC(=O)OCC.Cl. The Morgan fingerprint density at radius 2 is 1.61 bits per heavy atom. The smallest absolute Gasteiger partial charge is 0.435 e. The van der Waals surface area contributed by atoms with E-state index in [9.17, 15) is 9.59 Å². The van der Waals surface area contributed by atoms with Gasteiger partial charge in [0.2, 0.25) is 0 Å². The average Bonchev–Trinajstić information content (AvgIpc) is 2.27. The van der Waals surface area contributed by atoms with Crippen LogP contribution in [-0.2, 0) is 18.9 Å². The first-order valence-corrected chi connectivity index (χ1v) is 5.41. The summed E-state index contributed by atoms with van der Waals surface area (Å²) >= 11 is 0. The predicted molar refractivity (Wildman–Crippen MR) is 66.0 cm³/mol. The molecule has 8 heteroatoms. The summed E-state index contributed by atoms with van der Waals surface area (Å²) in [7, 11) is 1.69. The second kappa shape index (κ2) is 12.3. The van der Waals surface area contributed by atoms with E-state index in [0.717, 1.165) is 0 Å². The second-order valence-corrected chi connectivity index (χ2v) is 2.97. The zero-order valence-corrected chi connectivity index (χ0v) is 11.6. The molecule has 108 valence electrons. The number of carbonyl (C=O) groups is 2. The van der Waals surface area contributed by atoms with E-state index in [4.69, 9.17) is 9.47 Å². The van der Waals surface area contributed by atoms with E-state index in [2.05, 4.69) is 14.8 Å². The van der Waals surface area contributed by atoms with Crippen LogP contribution in [0, 0.1) is 0 Å². The van der Waals surface area contributed by atoms with Crippen molar-refractivity contribution in [2.45, 2.75) is 20.0 Å². The van der Waals surface area contributed by atoms with Gasteiger partial charge in [0.25, 0.3) is 0 Å². The molecule has 0 aromatic rings. The van der Waals surface area contributed by atoms with Crippen molar-refractivity contribution in [3.63, 3.8) is 0 Å². The zero-order chi connectivity index (χ0) is 13.1. The summed E-state index contributed by atoms with van der Waals surface area (Å²) in [6.07, 6.45) is -2.19. The summed E-state index contributed by atoms with van der Waals surface area (Å²) in [6, 6.07) is 0. The van der Waals surface area contributed by atoms with Crippen LogP contribution >= 0.6 is 12.4 Å². The van der Waals surface area contributed by atoms with Crippen molar-refractivity contribution < 1.29 is 28.5 Å². The molecule has 0 fully saturated rings. The standard InChI is InChI=1S/C10H19NO6.ClH/c1-4-14-9(12)16-7-8(6-11-3)17-10(13)15-5-2;/h8,11H,4-7H2,1-3H3;1H. The molecule has 7 nitrogen and oxygen atoms in total. The molecule has 0 saturated carbocycles. The molecule has 0 aromatic carbocycles. The minimum atomic E-state index is -0.791. The Labute approximate surface area is 113 Å². The van der Waals surface area contributed by atoms with Crippen molar-refractivity contribution in [1.29, 1.82) is 0 Å². The van der Waals surface area contributed by atoms with Crippen molar-refractivity contribution in [2.24, 2.45) is 0 Å². The van der Waals surface area contributed by atoms with Gasteiger partial charge < -0.3 is 24.3 Å². The van der Waals surface area contributed by atoms with Crippen LogP contribution in [0.25, 0.3) is 0 Å². The van der Waals surface area contributed by atoms with Crippen LogP contribution in [0.5, 0.6) is 0 Å². The summed E-state index contributed by atoms with van der Waals surface area (Å²) in [4.78, 5) is 22.0. The minimum absolute atomic E-state index is 0. The molecule has 1 atom stereocenters. The first-order valence-electron chi connectivity index (χ1n) is 5.41. The number of halogens is 1. The highest BCUT2D eigenvalue weighted by atomic mass is 35.5. The van der Waals surface area contributed by atoms with Gasteiger partial charge in [-0.3, -0.25) is 0 Å². The summed E-state index contributed by atoms with van der Waals surface area (Å²) in [5, 5.41) is 2.81. The van der Waals surface area contributed by atoms with E-state index in [0.29, 0.717) is 6.54 Å². The Morgan fingerprint density at radius 3 is 2.11 bits per heavy atom. The Morgan fingerprint density at radius 1 is 1.06 bits per heavy atom. The number of hydrogen-bond donors (Lipinski definition) is 1. The van der Waals surface area contributed by atoms with Gasteiger partial charge in [-0.2, -0.15) is 0 Å². The largest absolute Gasteiger partial charge is 0.508 e. The van der Waals surface area contributed by atoms with Crippen molar-refractivity contribution in [1.82, 2.24) is 5.32 Å². The third-order valence-electron chi connectivity index (χ3n) is 1.61. The monoisotopic (exact) mass is 285 g/mol. The third-order valence-corrected chi connectivity index (χ3v) is 1.61. The third kappa shape index (κ3) is 9.98. The van der Waals surface area contributed by atoms with Gasteiger partial charge in [-0.15, -0.1) is 12.4 Å². The topological polar surface area (TPSA) is 83.1 Å². The van der Waals surface area contributed by atoms with Gasteiger partial charge in [0.15, 0.2) is 6.10 Å². The molecule has 0 amide bonds. The van der Waals surface area contributed by atoms with Gasteiger partial charge >= 0.3 is 12.3 Å². The molecule has 0 aromatic heterocycles. The van der Waals surface area contributed by atoms with Crippen LogP contribution in [0.3, 0.4) is 0 Å². The fraction of sp³-hybridized carbons (Fsp3) is 0.800. The molecule has 0 aliphatic heterocycles. The number of rotatable bonds is 7. The van der Waals surface area contributed by atoms with Gasteiger partial charge in [-0.05, 0) is 20.9 Å². The van der Waals surface area contributed by atoms with Crippen molar-refractivity contribution in [3.8, 4) is 0 Å². The Bertz CT molecular complexity index is 238. The molecular weight excluding hydrogens is 266 g/mol. The van der Waals surface area contributed by atoms with Crippen molar-refractivity contribution in [2.75, 3.05) is 33.4 Å². The van der Waals surface area contributed by atoms with E-state index < -0.39 is 18.4 Å².